The number of anilines is 1. The molecule has 1 aromatic heterocycles. The molecule has 2 N–H and O–H groups in total. The van der Waals surface area contributed by atoms with Gasteiger partial charge in [-0.2, -0.15) is 5.10 Å². The summed E-state index contributed by atoms with van der Waals surface area (Å²) in [5.41, 5.74) is 5.49. The Bertz CT molecular complexity index is 904. The lowest BCUT2D eigenvalue weighted by molar-refractivity contribution is 0.659. The second-order valence-electron chi connectivity index (χ2n) is 6.45. The molecule has 0 fully saturated rings. The number of thiocarbonyl (C=S) groups is 1. The maximum absolute atomic E-state index is 5.46. The summed E-state index contributed by atoms with van der Waals surface area (Å²) >= 11 is 8.93. The molecule has 0 aliphatic carbocycles. The van der Waals surface area contributed by atoms with Crippen LogP contribution in [0.4, 0.5) is 5.69 Å². The van der Waals surface area contributed by atoms with Crippen molar-refractivity contribution >= 4 is 38.9 Å². The monoisotopic (exact) mass is 442 g/mol. The van der Waals surface area contributed by atoms with Crippen molar-refractivity contribution in [2.45, 2.75) is 26.8 Å². The number of aryl methyl sites for hydroxylation is 1. The lowest BCUT2D eigenvalue weighted by atomic mass is 10.1. The average Bonchev–Trinajstić information content (AvgIpc) is 2.92. The summed E-state index contributed by atoms with van der Waals surface area (Å²) in [6.07, 6.45) is 0.934. The Hall–Kier alpha value is -2.18. The zero-order valence-electron chi connectivity index (χ0n) is 15.5. The predicted molar refractivity (Wildman–Crippen MR) is 119 cm³/mol. The van der Waals surface area contributed by atoms with Gasteiger partial charge in [-0.3, -0.25) is 4.68 Å². The first-order valence-electron chi connectivity index (χ1n) is 8.90. The van der Waals surface area contributed by atoms with E-state index >= 15 is 0 Å². The van der Waals surface area contributed by atoms with Crippen LogP contribution >= 0.6 is 28.1 Å². The fourth-order valence-electron chi connectivity index (χ4n) is 2.92. The first-order valence-corrected chi connectivity index (χ1v) is 10.1. The summed E-state index contributed by atoms with van der Waals surface area (Å²) in [6.45, 7) is 5.59. The van der Waals surface area contributed by atoms with E-state index in [0.29, 0.717) is 5.11 Å². The molecule has 0 aliphatic rings. The standard InChI is InChI=1S/C21H23BrN4S/c1-15-20(24-21(27)23-13-12-17-6-4-3-5-7-17)16(2)26(25-15)14-18-8-10-19(22)11-9-18/h3-11H,12-14H2,1-2H3,(H2,23,24,27). The van der Waals surface area contributed by atoms with Gasteiger partial charge in [-0.15, -0.1) is 0 Å². The molecule has 2 aromatic carbocycles. The van der Waals surface area contributed by atoms with E-state index in [1.807, 2.05) is 29.8 Å². The Morgan fingerprint density at radius 1 is 1.04 bits per heavy atom. The minimum Gasteiger partial charge on any atom is -0.362 e. The highest BCUT2D eigenvalue weighted by atomic mass is 79.9. The quantitative estimate of drug-likeness (QED) is 0.535. The van der Waals surface area contributed by atoms with Crippen LogP contribution in [0, 0.1) is 13.8 Å². The summed E-state index contributed by atoms with van der Waals surface area (Å²) in [5, 5.41) is 11.9. The highest BCUT2D eigenvalue weighted by molar-refractivity contribution is 9.10. The number of nitrogens with zero attached hydrogens (tertiary/aromatic N) is 2. The molecule has 0 radical (unpaired) electrons. The van der Waals surface area contributed by atoms with E-state index in [0.717, 1.165) is 41.1 Å². The molecule has 6 heteroatoms. The highest BCUT2D eigenvalue weighted by Crippen LogP contribution is 2.21. The van der Waals surface area contributed by atoms with Gasteiger partial charge in [0.15, 0.2) is 5.11 Å². The summed E-state index contributed by atoms with van der Waals surface area (Å²) in [5.74, 6) is 0. The lowest BCUT2D eigenvalue weighted by Gasteiger charge is -2.11. The van der Waals surface area contributed by atoms with Crippen LogP contribution < -0.4 is 10.6 Å². The van der Waals surface area contributed by atoms with Crippen LogP contribution in [-0.2, 0) is 13.0 Å². The van der Waals surface area contributed by atoms with E-state index in [1.54, 1.807) is 0 Å². The van der Waals surface area contributed by atoms with Gasteiger partial charge in [0.05, 0.1) is 23.6 Å². The smallest absolute Gasteiger partial charge is 0.170 e. The fraction of sp³-hybridized carbons (Fsp3) is 0.238. The van der Waals surface area contributed by atoms with Gasteiger partial charge in [0.2, 0.25) is 0 Å². The number of halogens is 1. The van der Waals surface area contributed by atoms with Gasteiger partial charge in [0.25, 0.3) is 0 Å². The van der Waals surface area contributed by atoms with Crippen molar-refractivity contribution in [1.82, 2.24) is 15.1 Å². The van der Waals surface area contributed by atoms with E-state index in [9.17, 15) is 0 Å². The molecule has 140 valence electrons. The zero-order valence-corrected chi connectivity index (χ0v) is 17.9. The molecule has 0 bridgehead atoms. The van der Waals surface area contributed by atoms with Gasteiger partial charge in [-0.25, -0.2) is 0 Å². The van der Waals surface area contributed by atoms with Crippen molar-refractivity contribution in [3.63, 3.8) is 0 Å². The van der Waals surface area contributed by atoms with Gasteiger partial charge in [-0.05, 0) is 55.7 Å². The summed E-state index contributed by atoms with van der Waals surface area (Å²) in [6, 6.07) is 18.7. The minimum atomic E-state index is 0.625. The van der Waals surface area contributed by atoms with E-state index in [4.69, 9.17) is 12.2 Å². The molecule has 0 amide bonds. The Morgan fingerprint density at radius 3 is 2.44 bits per heavy atom. The van der Waals surface area contributed by atoms with Crippen LogP contribution in [0.5, 0.6) is 0 Å². The SMILES string of the molecule is Cc1nn(Cc2ccc(Br)cc2)c(C)c1NC(=S)NCCc1ccccc1. The van der Waals surface area contributed by atoms with Crippen LogP contribution in [0.15, 0.2) is 59.1 Å². The number of hydrogen-bond donors (Lipinski definition) is 2. The summed E-state index contributed by atoms with van der Waals surface area (Å²) < 4.78 is 3.09. The predicted octanol–water partition coefficient (Wildman–Crippen LogP) is 4.84. The van der Waals surface area contributed by atoms with Gasteiger partial charge < -0.3 is 10.6 Å². The Balaban J connectivity index is 1.58. The molecule has 4 nitrogen and oxygen atoms in total. The first kappa shape index (κ1) is 19.6. The number of nitrogens with one attached hydrogen (secondary N) is 2. The van der Waals surface area contributed by atoms with E-state index in [1.165, 1.54) is 11.1 Å². The molecule has 3 rings (SSSR count). The van der Waals surface area contributed by atoms with E-state index in [2.05, 4.69) is 75.0 Å². The molecule has 0 aliphatic heterocycles. The first-order chi connectivity index (χ1) is 13.0. The number of aromatic nitrogens is 2. The molecule has 0 saturated heterocycles. The lowest BCUT2D eigenvalue weighted by Crippen LogP contribution is -2.30. The van der Waals surface area contributed by atoms with Crippen LogP contribution in [0.25, 0.3) is 0 Å². The van der Waals surface area contributed by atoms with Gasteiger partial charge in [-0.1, -0.05) is 58.4 Å². The summed E-state index contributed by atoms with van der Waals surface area (Å²) in [4.78, 5) is 0. The Morgan fingerprint density at radius 2 is 1.74 bits per heavy atom. The Kier molecular flexibility index (Phi) is 6.63. The third kappa shape index (κ3) is 5.40. The topological polar surface area (TPSA) is 41.9 Å². The van der Waals surface area contributed by atoms with Gasteiger partial charge in [0.1, 0.15) is 0 Å². The van der Waals surface area contributed by atoms with E-state index in [-0.39, 0.29) is 0 Å². The van der Waals surface area contributed by atoms with Crippen molar-refractivity contribution in [2.75, 3.05) is 11.9 Å². The molecule has 0 atom stereocenters. The minimum absolute atomic E-state index is 0.625. The number of hydrogen-bond acceptors (Lipinski definition) is 2. The molecule has 1 heterocycles. The van der Waals surface area contributed by atoms with Gasteiger partial charge in [0, 0.05) is 11.0 Å². The molecular formula is C21H23BrN4S. The fourth-order valence-corrected chi connectivity index (χ4v) is 3.39. The van der Waals surface area contributed by atoms with Crippen molar-refractivity contribution in [1.29, 1.82) is 0 Å². The third-order valence-electron chi connectivity index (χ3n) is 4.41. The maximum atomic E-state index is 5.46. The molecule has 0 saturated carbocycles. The Labute approximate surface area is 174 Å². The number of rotatable bonds is 6. The normalized spacial score (nSPS) is 10.6. The van der Waals surface area contributed by atoms with Crippen molar-refractivity contribution in [3.05, 3.63) is 81.6 Å². The second kappa shape index (κ2) is 9.15. The van der Waals surface area contributed by atoms with Crippen LogP contribution in [0.1, 0.15) is 22.5 Å². The van der Waals surface area contributed by atoms with Crippen molar-refractivity contribution in [2.24, 2.45) is 0 Å². The largest absolute Gasteiger partial charge is 0.362 e. The van der Waals surface area contributed by atoms with Crippen molar-refractivity contribution < 1.29 is 0 Å². The average molecular weight is 443 g/mol. The molecular weight excluding hydrogens is 420 g/mol. The zero-order chi connectivity index (χ0) is 19.2. The molecule has 3 aromatic rings. The van der Waals surface area contributed by atoms with Crippen LogP contribution in [0.2, 0.25) is 0 Å². The van der Waals surface area contributed by atoms with Gasteiger partial charge >= 0.3 is 0 Å². The van der Waals surface area contributed by atoms with Crippen LogP contribution in [-0.4, -0.2) is 21.4 Å². The maximum Gasteiger partial charge on any atom is 0.170 e. The molecule has 27 heavy (non-hydrogen) atoms. The van der Waals surface area contributed by atoms with Crippen molar-refractivity contribution in [3.8, 4) is 0 Å². The molecule has 0 unspecified atom stereocenters. The highest BCUT2D eigenvalue weighted by Gasteiger charge is 2.13. The summed E-state index contributed by atoms with van der Waals surface area (Å²) in [7, 11) is 0. The van der Waals surface area contributed by atoms with Crippen LogP contribution in [0.3, 0.4) is 0 Å². The molecule has 0 spiro atoms. The third-order valence-corrected chi connectivity index (χ3v) is 5.18. The number of benzene rings is 2. The second-order valence-corrected chi connectivity index (χ2v) is 7.77. The van der Waals surface area contributed by atoms with E-state index < -0.39 is 0 Å².